The first-order valence-corrected chi connectivity index (χ1v) is 10.3. The first-order chi connectivity index (χ1) is 13.2. The van der Waals surface area contributed by atoms with E-state index in [-0.39, 0.29) is 23.1 Å². The lowest BCUT2D eigenvalue weighted by Gasteiger charge is -2.64. The van der Waals surface area contributed by atoms with E-state index in [1.807, 2.05) is 0 Å². The van der Waals surface area contributed by atoms with Gasteiger partial charge in [-0.2, -0.15) is 0 Å². The van der Waals surface area contributed by atoms with Crippen LogP contribution in [0.3, 0.4) is 0 Å². The summed E-state index contributed by atoms with van der Waals surface area (Å²) in [4.78, 5) is 14.5. The number of amides is 1. The summed E-state index contributed by atoms with van der Waals surface area (Å²) in [6, 6.07) is 3.51. The summed E-state index contributed by atoms with van der Waals surface area (Å²) >= 11 is 0. The molecule has 2 saturated heterocycles. The third-order valence-electron chi connectivity index (χ3n) is 8.02. The van der Waals surface area contributed by atoms with Gasteiger partial charge in [-0.05, 0) is 62.0 Å². The van der Waals surface area contributed by atoms with Crippen molar-refractivity contribution in [2.75, 3.05) is 6.54 Å². The lowest BCUT2D eigenvalue weighted by molar-refractivity contribution is -0.199. The van der Waals surface area contributed by atoms with Gasteiger partial charge in [-0.1, -0.05) is 19.9 Å². The second-order valence-corrected chi connectivity index (χ2v) is 9.64. The van der Waals surface area contributed by atoms with E-state index in [0.29, 0.717) is 24.8 Å². The van der Waals surface area contributed by atoms with E-state index < -0.39 is 30.2 Å². The number of carbonyl (C=O) groups is 1. The molecule has 0 N–H and O–H groups in total. The summed E-state index contributed by atoms with van der Waals surface area (Å²) in [5.74, 6) is -1.50. The number of halogens is 2. The van der Waals surface area contributed by atoms with Crippen molar-refractivity contribution in [3.63, 3.8) is 0 Å². The molecule has 3 aliphatic carbocycles. The second-order valence-electron chi connectivity index (χ2n) is 9.64. The molecule has 1 amide bonds. The molecule has 1 aromatic carbocycles. The van der Waals surface area contributed by atoms with Gasteiger partial charge in [0.2, 0.25) is 0 Å². The molecule has 2 aliphatic heterocycles. The molecule has 0 spiro atoms. The van der Waals surface area contributed by atoms with E-state index in [1.165, 1.54) is 6.07 Å². The Balaban J connectivity index is 1.39. The van der Waals surface area contributed by atoms with Gasteiger partial charge in [0.25, 0.3) is 5.91 Å². The standard InChI is InChI=1S/C21H26BF2NO3/c1-20(2)12-10-15(20)21(3)16(11-12)27-22(28-21)17-8-5-9-25(17)19(26)18-13(23)6-4-7-14(18)24/h4,6-7,12,15-17H,5,8-11H2,1-3H3. The number of hydrogen-bond donors (Lipinski definition) is 0. The van der Waals surface area contributed by atoms with Gasteiger partial charge < -0.3 is 14.2 Å². The van der Waals surface area contributed by atoms with Gasteiger partial charge >= 0.3 is 7.12 Å². The fourth-order valence-corrected chi connectivity index (χ4v) is 6.24. The zero-order chi connectivity index (χ0) is 19.8. The minimum absolute atomic E-state index is 0.0250. The van der Waals surface area contributed by atoms with Crippen LogP contribution in [0.25, 0.3) is 0 Å². The largest absolute Gasteiger partial charge is 0.481 e. The van der Waals surface area contributed by atoms with Gasteiger partial charge in [0.15, 0.2) is 0 Å². The smallest absolute Gasteiger partial charge is 0.404 e. The van der Waals surface area contributed by atoms with Crippen LogP contribution in [0.15, 0.2) is 18.2 Å². The Morgan fingerprint density at radius 2 is 1.93 bits per heavy atom. The zero-order valence-electron chi connectivity index (χ0n) is 16.6. The van der Waals surface area contributed by atoms with E-state index in [9.17, 15) is 13.6 Å². The van der Waals surface area contributed by atoms with Crippen molar-refractivity contribution in [1.29, 1.82) is 0 Å². The highest BCUT2D eigenvalue weighted by atomic mass is 19.1. The Morgan fingerprint density at radius 1 is 1.21 bits per heavy atom. The lowest BCUT2D eigenvalue weighted by Crippen LogP contribution is -2.65. The molecule has 28 heavy (non-hydrogen) atoms. The number of likely N-dealkylation sites (tertiary alicyclic amines) is 1. The predicted octanol–water partition coefficient (Wildman–Crippen LogP) is 3.84. The van der Waals surface area contributed by atoms with Gasteiger partial charge in [0.1, 0.15) is 17.2 Å². The molecule has 2 bridgehead atoms. The molecule has 5 atom stereocenters. The highest BCUT2D eigenvalue weighted by Crippen LogP contribution is 2.65. The van der Waals surface area contributed by atoms with Crippen molar-refractivity contribution < 1.29 is 22.9 Å². The third kappa shape index (κ3) is 2.38. The normalized spacial score (nSPS) is 38.3. The highest BCUT2D eigenvalue weighted by Gasteiger charge is 2.69. The predicted molar refractivity (Wildman–Crippen MR) is 101 cm³/mol. The van der Waals surface area contributed by atoms with Crippen molar-refractivity contribution in [3.05, 3.63) is 35.4 Å². The van der Waals surface area contributed by atoms with Crippen LogP contribution in [-0.4, -0.2) is 42.1 Å². The van der Waals surface area contributed by atoms with E-state index in [0.717, 1.165) is 31.4 Å². The SMILES string of the molecule is CC1(C)C2CC3OB(C4CCCN4C(=O)c4c(F)cccc4F)OC3(C)C1C2. The lowest BCUT2D eigenvalue weighted by atomic mass is 9.43. The maximum atomic E-state index is 14.2. The molecular formula is C21H26BF2NO3. The highest BCUT2D eigenvalue weighted by molar-refractivity contribution is 6.48. The first-order valence-electron chi connectivity index (χ1n) is 10.3. The topological polar surface area (TPSA) is 38.8 Å². The Bertz CT molecular complexity index is 814. The number of rotatable bonds is 2. The van der Waals surface area contributed by atoms with Crippen molar-refractivity contribution in [3.8, 4) is 0 Å². The number of hydrogen-bond acceptors (Lipinski definition) is 3. The van der Waals surface area contributed by atoms with E-state index in [1.54, 1.807) is 4.90 Å². The van der Waals surface area contributed by atoms with Crippen molar-refractivity contribution in [2.24, 2.45) is 17.3 Å². The summed E-state index contributed by atoms with van der Waals surface area (Å²) < 4.78 is 41.1. The van der Waals surface area contributed by atoms with Crippen molar-refractivity contribution in [1.82, 2.24) is 4.90 Å². The fourth-order valence-electron chi connectivity index (χ4n) is 6.24. The molecule has 5 unspecified atom stereocenters. The van der Waals surface area contributed by atoms with Crippen LogP contribution in [0.1, 0.15) is 56.8 Å². The number of carbonyl (C=O) groups excluding carboxylic acids is 1. The molecule has 1 aromatic rings. The Kier molecular flexibility index (Phi) is 3.99. The summed E-state index contributed by atoms with van der Waals surface area (Å²) in [7, 11) is -0.536. The monoisotopic (exact) mass is 389 g/mol. The molecule has 5 aliphatic rings. The van der Waals surface area contributed by atoms with Crippen LogP contribution in [-0.2, 0) is 9.31 Å². The molecule has 4 nitrogen and oxygen atoms in total. The first kappa shape index (κ1) is 18.6. The fraction of sp³-hybridized carbons (Fsp3) is 0.667. The zero-order valence-corrected chi connectivity index (χ0v) is 16.6. The molecule has 7 heteroatoms. The molecule has 0 aromatic heterocycles. The van der Waals surface area contributed by atoms with E-state index in [4.69, 9.17) is 9.31 Å². The van der Waals surface area contributed by atoms with Gasteiger partial charge in [-0.3, -0.25) is 4.79 Å². The molecule has 2 heterocycles. The molecule has 3 saturated carbocycles. The van der Waals surface area contributed by atoms with Gasteiger partial charge in [-0.15, -0.1) is 0 Å². The molecule has 5 fully saturated rings. The molecule has 0 radical (unpaired) electrons. The van der Waals surface area contributed by atoms with Gasteiger partial charge in [-0.25, -0.2) is 8.78 Å². The van der Waals surface area contributed by atoms with Gasteiger partial charge in [0, 0.05) is 6.54 Å². The summed E-state index contributed by atoms with van der Waals surface area (Å²) in [5, 5.41) is 0. The third-order valence-corrected chi connectivity index (χ3v) is 8.02. The number of nitrogens with zero attached hydrogens (tertiary/aromatic N) is 1. The quantitative estimate of drug-likeness (QED) is 0.722. The average Bonchev–Trinajstić information content (AvgIpc) is 3.24. The minimum atomic E-state index is -0.827. The van der Waals surface area contributed by atoms with Crippen LogP contribution >= 0.6 is 0 Å². The van der Waals surface area contributed by atoms with Crippen LogP contribution in [0.2, 0.25) is 0 Å². The summed E-state index contributed by atoms with van der Waals surface area (Å²) in [6.45, 7) is 7.20. The van der Waals surface area contributed by atoms with Gasteiger partial charge in [0.05, 0.1) is 17.6 Å². The van der Waals surface area contributed by atoms with Crippen LogP contribution < -0.4 is 0 Å². The maximum absolute atomic E-state index is 14.2. The molecular weight excluding hydrogens is 363 g/mol. The molecule has 6 rings (SSSR count). The molecule has 150 valence electrons. The van der Waals surface area contributed by atoms with Crippen molar-refractivity contribution >= 4 is 13.0 Å². The van der Waals surface area contributed by atoms with E-state index >= 15 is 0 Å². The Morgan fingerprint density at radius 3 is 2.61 bits per heavy atom. The Labute approximate surface area is 164 Å². The Hall–Kier alpha value is -1.47. The second kappa shape index (κ2) is 6.02. The summed E-state index contributed by atoms with van der Waals surface area (Å²) in [5.41, 5.74) is -0.603. The minimum Gasteiger partial charge on any atom is -0.404 e. The summed E-state index contributed by atoms with van der Waals surface area (Å²) in [6.07, 6.45) is 3.64. The number of benzene rings is 1. The van der Waals surface area contributed by atoms with Crippen LogP contribution in [0.4, 0.5) is 8.78 Å². The van der Waals surface area contributed by atoms with Crippen LogP contribution in [0.5, 0.6) is 0 Å². The average molecular weight is 389 g/mol. The maximum Gasteiger partial charge on any atom is 0.481 e. The van der Waals surface area contributed by atoms with Crippen LogP contribution in [0, 0.1) is 28.9 Å². The van der Waals surface area contributed by atoms with E-state index in [2.05, 4.69) is 20.8 Å². The van der Waals surface area contributed by atoms with Crippen molar-refractivity contribution in [2.45, 2.75) is 64.1 Å².